The number of fused-ring (bicyclic) bond motifs is 3. The van der Waals surface area contributed by atoms with E-state index in [1.165, 1.54) is 38.3 Å². The second kappa shape index (κ2) is 14.1. The number of hydrogen-bond acceptors (Lipinski definition) is 10. The summed E-state index contributed by atoms with van der Waals surface area (Å²) in [5.74, 6) is -3.04. The number of hydrogen-bond donors (Lipinski definition) is 0. The number of ketones is 1. The fourth-order valence-corrected chi connectivity index (χ4v) is 7.02. The van der Waals surface area contributed by atoms with E-state index in [1.807, 2.05) is 24.3 Å². The Morgan fingerprint density at radius 1 is 0.762 bits per heavy atom. The van der Waals surface area contributed by atoms with Gasteiger partial charge in [0.05, 0.1) is 36.0 Å². The van der Waals surface area contributed by atoms with Crippen LogP contribution in [0.5, 0.6) is 5.75 Å². The first kappa shape index (κ1) is 30.7. The van der Waals surface area contributed by atoms with Crippen molar-refractivity contribution in [3.63, 3.8) is 0 Å². The Labute approximate surface area is 243 Å². The average Bonchev–Trinajstić information content (AvgIpc) is 2.99. The van der Waals surface area contributed by atoms with E-state index in [0.717, 1.165) is 11.1 Å². The van der Waals surface area contributed by atoms with Crippen LogP contribution in [0.15, 0.2) is 72.8 Å². The lowest BCUT2D eigenvalue weighted by atomic mass is 10.0. The number of rotatable bonds is 13. The number of carbonyl (C=O) groups is 4. The minimum Gasteiger partial charge on any atom is -0.463 e. The molecule has 0 aliphatic carbocycles. The van der Waals surface area contributed by atoms with Crippen molar-refractivity contribution in [3.8, 4) is 16.9 Å². The molecular weight excluding hydrogens is 563 g/mol. The number of methoxy groups -OCH3 is 1. The largest absolute Gasteiger partial charge is 0.463 e. The third-order valence-corrected chi connectivity index (χ3v) is 9.08. The summed E-state index contributed by atoms with van der Waals surface area (Å²) >= 11 is 0. The molecule has 42 heavy (non-hydrogen) atoms. The zero-order chi connectivity index (χ0) is 30.1. The maximum Gasteiger partial charge on any atom is 0.338 e. The van der Waals surface area contributed by atoms with Crippen LogP contribution in [0.2, 0.25) is 0 Å². The van der Waals surface area contributed by atoms with E-state index in [4.69, 9.17) is 23.5 Å². The minimum absolute atomic E-state index is 0.00911. The SMILES string of the molecule is COCCOC(=O)CC(CP1(=O)Oc2ccccc2-c2ccccc21)C(=O)OCCOC(=O)c1ccc(C(C)=O)cc1. The van der Waals surface area contributed by atoms with Crippen LogP contribution in [-0.2, 0) is 33.1 Å². The highest BCUT2D eigenvalue weighted by molar-refractivity contribution is 7.67. The molecule has 0 amide bonds. The molecule has 3 aromatic rings. The lowest BCUT2D eigenvalue weighted by Gasteiger charge is -2.30. The first-order chi connectivity index (χ1) is 20.2. The topological polar surface area (TPSA) is 132 Å². The van der Waals surface area contributed by atoms with Crippen molar-refractivity contribution >= 4 is 36.4 Å². The minimum atomic E-state index is -3.68. The van der Waals surface area contributed by atoms with Crippen molar-refractivity contribution in [1.82, 2.24) is 0 Å². The zero-order valence-electron chi connectivity index (χ0n) is 23.3. The van der Waals surface area contributed by atoms with Gasteiger partial charge in [0.25, 0.3) is 7.37 Å². The van der Waals surface area contributed by atoms with Crippen LogP contribution in [0.3, 0.4) is 0 Å². The van der Waals surface area contributed by atoms with Crippen LogP contribution in [0.25, 0.3) is 11.1 Å². The van der Waals surface area contributed by atoms with Crippen molar-refractivity contribution in [2.45, 2.75) is 13.3 Å². The third kappa shape index (κ3) is 7.51. The summed E-state index contributed by atoms with van der Waals surface area (Å²) in [5.41, 5.74) is 2.19. The summed E-state index contributed by atoms with van der Waals surface area (Å²) < 4.78 is 40.9. The van der Waals surface area contributed by atoms with E-state index in [2.05, 4.69) is 0 Å². The summed E-state index contributed by atoms with van der Waals surface area (Å²) in [4.78, 5) is 49.5. The van der Waals surface area contributed by atoms with E-state index in [-0.39, 0.29) is 43.9 Å². The van der Waals surface area contributed by atoms with Gasteiger partial charge in [0, 0.05) is 18.2 Å². The molecule has 0 radical (unpaired) electrons. The molecule has 0 saturated carbocycles. The van der Waals surface area contributed by atoms with Gasteiger partial charge in [0.2, 0.25) is 0 Å². The van der Waals surface area contributed by atoms with Crippen molar-refractivity contribution in [3.05, 3.63) is 83.9 Å². The summed E-state index contributed by atoms with van der Waals surface area (Å²) in [6.45, 7) is 1.04. The van der Waals surface area contributed by atoms with E-state index in [9.17, 15) is 23.7 Å². The van der Waals surface area contributed by atoms with Gasteiger partial charge in [-0.25, -0.2) is 4.79 Å². The van der Waals surface area contributed by atoms with Gasteiger partial charge in [0.15, 0.2) is 5.78 Å². The second-order valence-corrected chi connectivity index (χ2v) is 11.9. The van der Waals surface area contributed by atoms with Gasteiger partial charge < -0.3 is 23.5 Å². The molecule has 4 rings (SSSR count). The highest BCUT2D eigenvalue weighted by atomic mass is 31.2. The van der Waals surface area contributed by atoms with Crippen molar-refractivity contribution in [2.75, 3.05) is 39.7 Å². The fourth-order valence-electron chi connectivity index (χ4n) is 4.44. The van der Waals surface area contributed by atoms with Gasteiger partial charge >= 0.3 is 17.9 Å². The monoisotopic (exact) mass is 594 g/mol. The standard InChI is InChI=1S/C31H31O10P/c1-21(32)22-11-13-23(14-12-22)30(34)39-17-18-40-31(35)24(19-29(33)38-16-15-37-2)20-42(36)28-10-6-4-8-26(28)25-7-3-5-9-27(25)41-42/h3-14,24H,15-20H2,1-2H3. The first-order valence-electron chi connectivity index (χ1n) is 13.3. The molecule has 0 aromatic heterocycles. The Morgan fingerprint density at radius 2 is 1.38 bits per heavy atom. The van der Waals surface area contributed by atoms with Crippen molar-refractivity contribution < 1.29 is 47.2 Å². The quantitative estimate of drug-likeness (QED) is 0.0920. The van der Waals surface area contributed by atoms with Crippen molar-refractivity contribution in [1.29, 1.82) is 0 Å². The van der Waals surface area contributed by atoms with Crippen LogP contribution in [0, 0.1) is 5.92 Å². The summed E-state index contributed by atoms with van der Waals surface area (Å²) in [7, 11) is -2.22. The predicted octanol–water partition coefficient (Wildman–Crippen LogP) is 4.45. The summed E-state index contributed by atoms with van der Waals surface area (Å²) in [5, 5.41) is 0.443. The third-order valence-electron chi connectivity index (χ3n) is 6.54. The number of benzene rings is 3. The van der Waals surface area contributed by atoms with Crippen LogP contribution in [0.1, 0.15) is 34.1 Å². The van der Waals surface area contributed by atoms with Crippen molar-refractivity contribution in [2.24, 2.45) is 5.92 Å². The maximum atomic E-state index is 14.3. The Kier molecular flexibility index (Phi) is 10.3. The van der Waals surface area contributed by atoms with E-state index >= 15 is 0 Å². The van der Waals surface area contributed by atoms with Crippen LogP contribution in [0.4, 0.5) is 0 Å². The molecule has 1 heterocycles. The number of esters is 3. The van der Waals surface area contributed by atoms with E-state index in [1.54, 1.807) is 24.3 Å². The normalized spacial score (nSPS) is 15.8. The Hall–Kier alpha value is -4.27. The van der Waals surface area contributed by atoms with Crippen LogP contribution >= 0.6 is 7.37 Å². The van der Waals surface area contributed by atoms with Gasteiger partial charge in [-0.2, -0.15) is 0 Å². The molecule has 0 fully saturated rings. The first-order valence-corrected chi connectivity index (χ1v) is 15.1. The van der Waals surface area contributed by atoms with Crippen LogP contribution in [-0.4, -0.2) is 63.4 Å². The predicted molar refractivity (Wildman–Crippen MR) is 153 cm³/mol. The van der Waals surface area contributed by atoms with Gasteiger partial charge in [-0.3, -0.25) is 18.9 Å². The molecule has 2 unspecified atom stereocenters. The average molecular weight is 595 g/mol. The van der Waals surface area contributed by atoms with Gasteiger partial charge in [0.1, 0.15) is 25.6 Å². The number of ether oxygens (including phenoxy) is 4. The summed E-state index contributed by atoms with van der Waals surface area (Å²) in [6, 6.07) is 20.2. The molecule has 0 bridgehead atoms. The lowest BCUT2D eigenvalue weighted by molar-refractivity contribution is -0.155. The molecule has 2 atom stereocenters. The highest BCUT2D eigenvalue weighted by Gasteiger charge is 2.41. The molecule has 220 valence electrons. The number of carbonyl (C=O) groups excluding carboxylic acids is 4. The van der Waals surface area contributed by atoms with Gasteiger partial charge in [-0.05, 0) is 36.8 Å². The fraction of sp³-hybridized carbons (Fsp3) is 0.290. The molecule has 3 aromatic carbocycles. The molecule has 0 N–H and O–H groups in total. The highest BCUT2D eigenvalue weighted by Crippen LogP contribution is 2.55. The molecule has 10 nitrogen and oxygen atoms in total. The Balaban J connectivity index is 1.44. The smallest absolute Gasteiger partial charge is 0.338 e. The van der Waals surface area contributed by atoms with Gasteiger partial charge in [-0.15, -0.1) is 0 Å². The Bertz CT molecular complexity index is 1500. The van der Waals surface area contributed by atoms with E-state index < -0.39 is 37.6 Å². The molecule has 0 saturated heterocycles. The molecule has 11 heteroatoms. The zero-order valence-corrected chi connectivity index (χ0v) is 24.2. The molecule has 1 aliphatic rings. The molecular formula is C31H31O10P. The Morgan fingerprint density at radius 3 is 2.10 bits per heavy atom. The van der Waals surface area contributed by atoms with E-state index in [0.29, 0.717) is 16.6 Å². The molecule has 0 spiro atoms. The number of Topliss-reactive ketones (excluding diaryl/α,β-unsaturated/α-hetero) is 1. The second-order valence-electron chi connectivity index (χ2n) is 9.51. The maximum absolute atomic E-state index is 14.3. The molecule has 1 aliphatic heterocycles. The number of para-hydroxylation sites is 1. The lowest BCUT2D eigenvalue weighted by Crippen LogP contribution is -2.30. The summed E-state index contributed by atoms with van der Waals surface area (Å²) in [6.07, 6.45) is -0.707. The van der Waals surface area contributed by atoms with Crippen LogP contribution < -0.4 is 9.83 Å². The van der Waals surface area contributed by atoms with Gasteiger partial charge in [-0.1, -0.05) is 48.5 Å².